The van der Waals surface area contributed by atoms with Crippen LogP contribution in [0.1, 0.15) is 29.3 Å². The highest BCUT2D eigenvalue weighted by Gasteiger charge is 2.36. The molecule has 2 aliphatic heterocycles. The summed E-state index contributed by atoms with van der Waals surface area (Å²) in [6, 6.07) is 11.8. The van der Waals surface area contributed by atoms with E-state index in [4.69, 9.17) is 9.47 Å². The Hall–Kier alpha value is -3.71. The van der Waals surface area contributed by atoms with Gasteiger partial charge >= 0.3 is 0 Å². The van der Waals surface area contributed by atoms with Gasteiger partial charge in [-0.3, -0.25) is 4.79 Å². The van der Waals surface area contributed by atoms with Crippen molar-refractivity contribution >= 4 is 12.0 Å². The largest absolute Gasteiger partial charge is 0.495 e. The number of benzene rings is 2. The molecular formula is C26H24FN3O3. The number of allylic oxidation sites excluding steroid dienone is 1. The highest BCUT2D eigenvalue weighted by Crippen LogP contribution is 2.35. The maximum atomic E-state index is 13.5. The fourth-order valence-electron chi connectivity index (χ4n) is 4.32. The summed E-state index contributed by atoms with van der Waals surface area (Å²) in [4.78, 5) is 19.6. The van der Waals surface area contributed by atoms with Crippen molar-refractivity contribution in [1.82, 2.24) is 14.5 Å². The van der Waals surface area contributed by atoms with Crippen LogP contribution in [-0.2, 0) is 9.53 Å². The Bertz CT molecular complexity index is 1260. The topological polar surface area (TPSA) is 56.6 Å². The van der Waals surface area contributed by atoms with Crippen LogP contribution in [0.15, 0.2) is 72.3 Å². The Kier molecular flexibility index (Phi) is 5.56. The highest BCUT2D eigenvalue weighted by molar-refractivity contribution is 6.00. The average molecular weight is 445 g/mol. The molecule has 7 heteroatoms. The number of ether oxygens (including phenoxy) is 2. The molecule has 0 aliphatic carbocycles. The molecule has 1 unspecified atom stereocenters. The fraction of sp³-hybridized carbons (Fsp3) is 0.231. The van der Waals surface area contributed by atoms with Crippen molar-refractivity contribution in [2.45, 2.75) is 19.4 Å². The standard InChI is InChI=1S/C26H24FN3O3/c1-17-13-29(16-28-17)23-10-3-18(12-25(23)32-2)11-20-6-9-22-14-33-15-24(30(22)26(20)31)19-4-7-21(27)8-5-19/h3-5,7-13,16,24H,6,14-15H2,1-2H3. The molecule has 1 saturated heterocycles. The van der Waals surface area contributed by atoms with Gasteiger partial charge in [0.25, 0.3) is 5.91 Å². The zero-order valence-electron chi connectivity index (χ0n) is 18.5. The average Bonchev–Trinajstić information content (AvgIpc) is 3.27. The molecule has 33 heavy (non-hydrogen) atoms. The van der Waals surface area contributed by atoms with Crippen molar-refractivity contribution < 1.29 is 18.7 Å². The van der Waals surface area contributed by atoms with Crippen molar-refractivity contribution in [1.29, 1.82) is 0 Å². The van der Waals surface area contributed by atoms with Gasteiger partial charge in [0.05, 0.1) is 44.1 Å². The van der Waals surface area contributed by atoms with E-state index in [1.165, 1.54) is 12.1 Å². The number of nitrogens with zero attached hydrogens (tertiary/aromatic N) is 3. The number of rotatable bonds is 4. The van der Waals surface area contributed by atoms with Crippen LogP contribution in [-0.4, -0.2) is 40.7 Å². The van der Waals surface area contributed by atoms with Crippen LogP contribution >= 0.6 is 0 Å². The first-order valence-corrected chi connectivity index (χ1v) is 10.8. The van der Waals surface area contributed by atoms with E-state index in [9.17, 15) is 9.18 Å². The SMILES string of the molecule is COc1cc(C=C2CC=C3COCC(c4ccc(F)cc4)N3C2=O)ccc1-n1cnc(C)c1. The van der Waals surface area contributed by atoms with Gasteiger partial charge in [-0.2, -0.15) is 0 Å². The lowest BCUT2D eigenvalue weighted by atomic mass is 9.96. The number of halogens is 1. The molecule has 0 spiro atoms. The summed E-state index contributed by atoms with van der Waals surface area (Å²) < 4.78 is 26.7. The minimum atomic E-state index is -0.306. The molecule has 1 aromatic heterocycles. The number of amides is 1. The number of imidazole rings is 1. The number of morpholine rings is 1. The molecule has 6 nitrogen and oxygen atoms in total. The third-order valence-electron chi connectivity index (χ3n) is 5.99. The Morgan fingerprint density at radius 3 is 2.76 bits per heavy atom. The van der Waals surface area contributed by atoms with Gasteiger partial charge in [-0.05, 0) is 54.8 Å². The first-order chi connectivity index (χ1) is 16.0. The molecule has 1 fully saturated rings. The van der Waals surface area contributed by atoms with Gasteiger partial charge in [-0.1, -0.05) is 24.3 Å². The maximum absolute atomic E-state index is 13.5. The lowest BCUT2D eigenvalue weighted by molar-refractivity contribution is -0.132. The van der Waals surface area contributed by atoms with Crippen LogP contribution in [0.3, 0.4) is 0 Å². The van der Waals surface area contributed by atoms with E-state index in [2.05, 4.69) is 4.98 Å². The smallest absolute Gasteiger partial charge is 0.255 e. The molecule has 0 radical (unpaired) electrons. The predicted molar refractivity (Wildman–Crippen MR) is 122 cm³/mol. The molecular weight excluding hydrogens is 421 g/mol. The zero-order chi connectivity index (χ0) is 22.9. The van der Waals surface area contributed by atoms with E-state index >= 15 is 0 Å². The van der Waals surface area contributed by atoms with E-state index < -0.39 is 0 Å². The van der Waals surface area contributed by atoms with Crippen LogP contribution < -0.4 is 4.74 Å². The molecule has 1 amide bonds. The van der Waals surface area contributed by atoms with E-state index in [0.717, 1.165) is 28.2 Å². The van der Waals surface area contributed by atoms with Crippen LogP contribution in [0.25, 0.3) is 11.8 Å². The zero-order valence-corrected chi connectivity index (χ0v) is 18.5. The maximum Gasteiger partial charge on any atom is 0.255 e. The Morgan fingerprint density at radius 1 is 1.21 bits per heavy atom. The summed E-state index contributed by atoms with van der Waals surface area (Å²) >= 11 is 0. The Balaban J connectivity index is 1.46. The van der Waals surface area contributed by atoms with Gasteiger partial charge in [0.2, 0.25) is 0 Å². The summed E-state index contributed by atoms with van der Waals surface area (Å²) in [6.07, 6.45) is 8.13. The van der Waals surface area contributed by atoms with Gasteiger partial charge in [0.1, 0.15) is 11.6 Å². The highest BCUT2D eigenvalue weighted by atomic mass is 19.1. The number of methoxy groups -OCH3 is 1. The van der Waals surface area contributed by atoms with Crippen LogP contribution in [0, 0.1) is 12.7 Å². The van der Waals surface area contributed by atoms with Gasteiger partial charge < -0.3 is 18.9 Å². The summed E-state index contributed by atoms with van der Waals surface area (Å²) in [7, 11) is 1.63. The number of hydrogen-bond donors (Lipinski definition) is 0. The third kappa shape index (κ3) is 4.07. The van der Waals surface area contributed by atoms with E-state index in [0.29, 0.717) is 31.0 Å². The number of carbonyl (C=O) groups is 1. The fourth-order valence-corrected chi connectivity index (χ4v) is 4.32. The van der Waals surface area contributed by atoms with Gasteiger partial charge in [-0.25, -0.2) is 9.37 Å². The molecule has 3 aromatic rings. The van der Waals surface area contributed by atoms with E-state index in [1.807, 2.05) is 48.0 Å². The molecule has 0 saturated carbocycles. The normalized spacial score (nSPS) is 19.4. The molecule has 2 aliphatic rings. The molecule has 1 atom stereocenters. The Labute approximate surface area is 191 Å². The second-order valence-corrected chi connectivity index (χ2v) is 8.18. The summed E-state index contributed by atoms with van der Waals surface area (Å²) in [5.41, 5.74) is 5.04. The number of fused-ring (bicyclic) bond motifs is 1. The van der Waals surface area contributed by atoms with Crippen LogP contribution in [0.4, 0.5) is 4.39 Å². The minimum absolute atomic E-state index is 0.0570. The quantitative estimate of drug-likeness (QED) is 0.551. The van der Waals surface area contributed by atoms with Crippen molar-refractivity contribution in [3.63, 3.8) is 0 Å². The van der Waals surface area contributed by atoms with Gasteiger partial charge in [-0.15, -0.1) is 0 Å². The number of hydrogen-bond acceptors (Lipinski definition) is 4. The van der Waals surface area contributed by atoms with Crippen molar-refractivity contribution in [3.05, 3.63) is 95.0 Å². The third-order valence-corrected chi connectivity index (χ3v) is 5.99. The molecule has 5 rings (SSSR count). The van der Waals surface area contributed by atoms with Gasteiger partial charge in [0.15, 0.2) is 0 Å². The van der Waals surface area contributed by atoms with Crippen molar-refractivity contribution in [3.8, 4) is 11.4 Å². The number of carbonyl (C=O) groups excluding carboxylic acids is 1. The van der Waals surface area contributed by atoms with Crippen molar-refractivity contribution in [2.75, 3.05) is 20.3 Å². The van der Waals surface area contributed by atoms with Crippen LogP contribution in [0.2, 0.25) is 0 Å². The monoisotopic (exact) mass is 445 g/mol. The predicted octanol–water partition coefficient (Wildman–Crippen LogP) is 4.60. The number of aryl methyl sites for hydroxylation is 1. The van der Waals surface area contributed by atoms with Crippen LogP contribution in [0.5, 0.6) is 5.75 Å². The summed E-state index contributed by atoms with van der Waals surface area (Å²) in [5, 5.41) is 0. The molecule has 2 aromatic carbocycles. The lowest BCUT2D eigenvalue weighted by Gasteiger charge is -2.40. The first-order valence-electron chi connectivity index (χ1n) is 10.8. The number of aromatic nitrogens is 2. The molecule has 3 heterocycles. The van der Waals surface area contributed by atoms with E-state index in [1.54, 1.807) is 30.5 Å². The summed E-state index contributed by atoms with van der Waals surface area (Å²) in [6.45, 7) is 2.70. The lowest BCUT2D eigenvalue weighted by Crippen LogP contribution is -2.44. The van der Waals surface area contributed by atoms with E-state index in [-0.39, 0.29) is 17.8 Å². The first kappa shape index (κ1) is 21.2. The minimum Gasteiger partial charge on any atom is -0.495 e. The van der Waals surface area contributed by atoms with Crippen molar-refractivity contribution in [2.24, 2.45) is 0 Å². The Morgan fingerprint density at radius 2 is 2.03 bits per heavy atom. The molecule has 0 N–H and O–H groups in total. The molecule has 168 valence electrons. The second-order valence-electron chi connectivity index (χ2n) is 8.18. The molecule has 0 bridgehead atoms. The second kappa shape index (κ2) is 8.67. The summed E-state index contributed by atoms with van der Waals surface area (Å²) in [5.74, 6) is 0.329. The van der Waals surface area contributed by atoms with Gasteiger partial charge in [0, 0.05) is 17.5 Å².